The van der Waals surface area contributed by atoms with Gasteiger partial charge in [0.2, 0.25) is 5.82 Å². The van der Waals surface area contributed by atoms with Gasteiger partial charge in [0.15, 0.2) is 23.2 Å². The summed E-state index contributed by atoms with van der Waals surface area (Å²) in [6, 6.07) is 6.54. The van der Waals surface area contributed by atoms with Gasteiger partial charge in [0, 0.05) is 0 Å². The Labute approximate surface area is 194 Å². The molecule has 0 aliphatic heterocycles. The number of allylic oxidation sites excluding steroid dienone is 2. The van der Waals surface area contributed by atoms with E-state index in [0.717, 1.165) is 44.9 Å². The molecule has 180 valence electrons. The zero-order chi connectivity index (χ0) is 23.8. The summed E-state index contributed by atoms with van der Waals surface area (Å²) in [5, 5.41) is 0. The van der Waals surface area contributed by atoms with Crippen molar-refractivity contribution in [2.24, 2.45) is 5.92 Å². The lowest BCUT2D eigenvalue weighted by Gasteiger charge is -2.27. The summed E-state index contributed by atoms with van der Waals surface area (Å²) in [4.78, 5) is 0. The molecule has 1 aliphatic carbocycles. The van der Waals surface area contributed by atoms with E-state index in [1.807, 2.05) is 6.08 Å². The highest BCUT2D eigenvalue weighted by Gasteiger charge is 2.25. The van der Waals surface area contributed by atoms with E-state index in [4.69, 9.17) is 4.74 Å². The fraction of sp³-hybridized carbons (Fsp3) is 0.500. The Bertz CT molecular complexity index is 945. The average molecular weight is 463 g/mol. The Morgan fingerprint density at radius 1 is 0.818 bits per heavy atom. The Morgan fingerprint density at radius 3 is 2.18 bits per heavy atom. The molecule has 33 heavy (non-hydrogen) atoms. The van der Waals surface area contributed by atoms with Crippen LogP contribution in [0.3, 0.4) is 0 Å². The second-order valence-electron chi connectivity index (χ2n) is 9.03. The molecule has 0 saturated heterocycles. The minimum absolute atomic E-state index is 0.0465. The van der Waals surface area contributed by atoms with Crippen LogP contribution in [0.4, 0.5) is 17.6 Å². The van der Waals surface area contributed by atoms with Gasteiger partial charge in [-0.05, 0) is 86.0 Å². The highest BCUT2D eigenvalue weighted by atomic mass is 19.2. The van der Waals surface area contributed by atoms with Crippen LogP contribution in [0.15, 0.2) is 36.4 Å². The molecular weight excluding hydrogens is 428 g/mol. The smallest absolute Gasteiger partial charge is 0.200 e. The maximum atomic E-state index is 14.7. The fourth-order valence-electron chi connectivity index (χ4n) is 4.75. The van der Waals surface area contributed by atoms with Crippen LogP contribution in [-0.2, 0) is 12.8 Å². The Morgan fingerprint density at radius 2 is 1.48 bits per heavy atom. The first-order valence-corrected chi connectivity index (χ1v) is 12.1. The van der Waals surface area contributed by atoms with Crippen molar-refractivity contribution < 1.29 is 22.3 Å². The van der Waals surface area contributed by atoms with Gasteiger partial charge < -0.3 is 4.74 Å². The van der Waals surface area contributed by atoms with Gasteiger partial charge in [-0.3, -0.25) is 0 Å². The molecule has 0 radical (unpaired) electrons. The number of halogens is 4. The number of aryl methyl sites for hydroxylation is 2. The topological polar surface area (TPSA) is 9.23 Å². The van der Waals surface area contributed by atoms with Gasteiger partial charge in [0.1, 0.15) is 0 Å². The van der Waals surface area contributed by atoms with E-state index in [2.05, 4.69) is 13.0 Å². The minimum atomic E-state index is -0.949. The third-order valence-corrected chi connectivity index (χ3v) is 6.79. The molecule has 3 rings (SSSR count). The summed E-state index contributed by atoms with van der Waals surface area (Å²) in [6.45, 7) is 2.09. The van der Waals surface area contributed by atoms with Crippen LogP contribution in [0, 0.1) is 29.2 Å². The third-order valence-electron chi connectivity index (χ3n) is 6.79. The number of methoxy groups -OCH3 is 1. The van der Waals surface area contributed by atoms with E-state index in [1.165, 1.54) is 13.2 Å². The number of unbranched alkanes of at least 4 members (excludes halogenated alkanes) is 2. The van der Waals surface area contributed by atoms with Crippen LogP contribution < -0.4 is 4.74 Å². The number of benzene rings is 2. The second kappa shape index (κ2) is 12.2. The van der Waals surface area contributed by atoms with Crippen LogP contribution in [0.5, 0.6) is 5.75 Å². The zero-order valence-electron chi connectivity index (χ0n) is 19.6. The van der Waals surface area contributed by atoms with Crippen molar-refractivity contribution in [1.29, 1.82) is 0 Å². The molecule has 2 aromatic rings. The van der Waals surface area contributed by atoms with Crippen molar-refractivity contribution in [1.82, 2.24) is 0 Å². The SMILES string of the molecule is CCCCCc1ccc(C2CCC(C=CCCc3ccc(OC)c(F)c3F)CC2)c(F)c1F. The van der Waals surface area contributed by atoms with Gasteiger partial charge in [0.05, 0.1) is 7.11 Å². The molecule has 0 heterocycles. The van der Waals surface area contributed by atoms with Crippen LogP contribution in [-0.4, -0.2) is 7.11 Å². The average Bonchev–Trinajstić information content (AvgIpc) is 2.83. The van der Waals surface area contributed by atoms with Gasteiger partial charge in [-0.25, -0.2) is 13.2 Å². The maximum Gasteiger partial charge on any atom is 0.200 e. The molecule has 0 unspecified atom stereocenters. The van der Waals surface area contributed by atoms with Gasteiger partial charge in [-0.2, -0.15) is 4.39 Å². The highest BCUT2D eigenvalue weighted by Crippen LogP contribution is 2.38. The number of hydrogen-bond acceptors (Lipinski definition) is 1. The first-order chi connectivity index (χ1) is 16.0. The molecule has 2 aromatic carbocycles. The predicted octanol–water partition coefficient (Wildman–Crippen LogP) is 8.45. The summed E-state index contributed by atoms with van der Waals surface area (Å²) in [7, 11) is 1.31. The number of hydrogen-bond donors (Lipinski definition) is 0. The summed E-state index contributed by atoms with van der Waals surface area (Å²) >= 11 is 0. The Kier molecular flexibility index (Phi) is 9.40. The molecule has 0 bridgehead atoms. The van der Waals surface area contributed by atoms with Crippen molar-refractivity contribution >= 4 is 0 Å². The Hall–Kier alpha value is -2.30. The summed E-state index contributed by atoms with van der Waals surface area (Å²) in [5.41, 5.74) is 1.32. The monoisotopic (exact) mass is 462 g/mol. The molecule has 0 amide bonds. The number of ether oxygens (including phenoxy) is 1. The molecule has 0 aromatic heterocycles. The van der Waals surface area contributed by atoms with Crippen LogP contribution in [0.2, 0.25) is 0 Å². The molecule has 1 saturated carbocycles. The van der Waals surface area contributed by atoms with Crippen LogP contribution in [0.1, 0.15) is 80.9 Å². The van der Waals surface area contributed by atoms with E-state index in [9.17, 15) is 17.6 Å². The lowest BCUT2D eigenvalue weighted by molar-refractivity contribution is 0.363. The number of rotatable bonds is 10. The van der Waals surface area contributed by atoms with E-state index in [0.29, 0.717) is 41.9 Å². The predicted molar refractivity (Wildman–Crippen MR) is 125 cm³/mol. The third kappa shape index (κ3) is 6.39. The zero-order valence-corrected chi connectivity index (χ0v) is 19.6. The highest BCUT2D eigenvalue weighted by molar-refractivity contribution is 5.31. The first kappa shape index (κ1) is 25.3. The lowest BCUT2D eigenvalue weighted by Crippen LogP contribution is -2.14. The van der Waals surface area contributed by atoms with E-state index in [-0.39, 0.29) is 11.7 Å². The quantitative estimate of drug-likeness (QED) is 0.195. The van der Waals surface area contributed by atoms with Crippen molar-refractivity contribution in [3.63, 3.8) is 0 Å². The van der Waals surface area contributed by atoms with E-state index in [1.54, 1.807) is 18.2 Å². The Balaban J connectivity index is 1.49. The molecule has 1 fully saturated rings. The molecule has 1 aliphatic rings. The molecule has 0 spiro atoms. The van der Waals surface area contributed by atoms with Crippen LogP contribution in [0.25, 0.3) is 0 Å². The van der Waals surface area contributed by atoms with Gasteiger partial charge in [-0.15, -0.1) is 0 Å². The molecule has 5 heteroatoms. The lowest BCUT2D eigenvalue weighted by atomic mass is 9.78. The second-order valence-corrected chi connectivity index (χ2v) is 9.03. The standard InChI is InChI=1S/C28H34F4O/c1-3-4-5-9-21-15-17-23(27(31)25(21)29)20-13-11-19(12-14-20)8-6-7-10-22-16-18-24(33-2)28(32)26(22)30/h6,8,15-20H,3-5,7,9-14H2,1-2H3. The normalized spacial score (nSPS) is 18.7. The maximum absolute atomic E-state index is 14.7. The van der Waals surface area contributed by atoms with E-state index >= 15 is 0 Å². The van der Waals surface area contributed by atoms with Gasteiger partial charge in [-0.1, -0.05) is 50.1 Å². The largest absolute Gasteiger partial charge is 0.494 e. The van der Waals surface area contributed by atoms with Crippen molar-refractivity contribution in [2.45, 2.75) is 77.0 Å². The summed E-state index contributed by atoms with van der Waals surface area (Å²) in [5.74, 6) is -2.82. The van der Waals surface area contributed by atoms with Crippen molar-refractivity contribution in [3.8, 4) is 5.75 Å². The minimum Gasteiger partial charge on any atom is -0.494 e. The van der Waals surface area contributed by atoms with Crippen molar-refractivity contribution in [2.75, 3.05) is 7.11 Å². The molecule has 1 nitrogen and oxygen atoms in total. The van der Waals surface area contributed by atoms with Gasteiger partial charge in [0.25, 0.3) is 0 Å². The van der Waals surface area contributed by atoms with Crippen molar-refractivity contribution in [3.05, 3.63) is 76.4 Å². The first-order valence-electron chi connectivity index (χ1n) is 12.1. The van der Waals surface area contributed by atoms with Gasteiger partial charge >= 0.3 is 0 Å². The molecular formula is C28H34F4O. The molecule has 0 atom stereocenters. The summed E-state index contributed by atoms with van der Waals surface area (Å²) < 4.78 is 61.9. The van der Waals surface area contributed by atoms with Crippen LogP contribution >= 0.6 is 0 Å². The molecule has 0 N–H and O–H groups in total. The summed E-state index contributed by atoms with van der Waals surface area (Å²) in [6.07, 6.45) is 12.2. The fourth-order valence-corrected chi connectivity index (χ4v) is 4.75. The van der Waals surface area contributed by atoms with E-state index < -0.39 is 23.3 Å².